The van der Waals surface area contributed by atoms with Gasteiger partial charge in [-0.05, 0) is 55.1 Å². The number of hydrogen-bond acceptors (Lipinski definition) is 4. The molecule has 0 aromatic heterocycles. The first-order valence-electron chi connectivity index (χ1n) is 9.26. The Morgan fingerprint density at radius 3 is 2.81 bits per heavy atom. The number of fused-ring (bicyclic) bond motifs is 1. The SMILES string of the molecule is NC(=O)c1cccc(O[C@@H]2c3ccccc3C[C@H]2N2CCC[C@H](N)C2)c1. The molecule has 1 aliphatic carbocycles. The molecule has 0 saturated carbocycles. The van der Waals surface area contributed by atoms with Gasteiger partial charge < -0.3 is 16.2 Å². The Balaban J connectivity index is 1.63. The van der Waals surface area contributed by atoms with E-state index in [1.807, 2.05) is 12.1 Å². The number of nitrogens with zero attached hydrogens (tertiary/aromatic N) is 1. The van der Waals surface area contributed by atoms with Gasteiger partial charge >= 0.3 is 0 Å². The number of rotatable bonds is 4. The molecule has 136 valence electrons. The second-order valence-corrected chi connectivity index (χ2v) is 7.30. The molecular weight excluding hydrogens is 326 g/mol. The van der Waals surface area contributed by atoms with Crippen molar-refractivity contribution in [1.82, 2.24) is 4.90 Å². The smallest absolute Gasteiger partial charge is 0.248 e. The van der Waals surface area contributed by atoms with Crippen molar-refractivity contribution in [2.24, 2.45) is 11.5 Å². The van der Waals surface area contributed by atoms with Crippen molar-refractivity contribution in [3.63, 3.8) is 0 Å². The molecule has 4 rings (SSSR count). The number of amides is 1. The molecule has 4 N–H and O–H groups in total. The zero-order valence-corrected chi connectivity index (χ0v) is 14.8. The lowest BCUT2D eigenvalue weighted by atomic mass is 10.0. The van der Waals surface area contributed by atoms with Gasteiger partial charge in [0.1, 0.15) is 11.9 Å². The van der Waals surface area contributed by atoms with Crippen LogP contribution in [-0.2, 0) is 6.42 Å². The summed E-state index contributed by atoms with van der Waals surface area (Å²) in [5.41, 5.74) is 14.6. The van der Waals surface area contributed by atoms with E-state index in [9.17, 15) is 4.79 Å². The van der Waals surface area contributed by atoms with Crippen molar-refractivity contribution in [3.8, 4) is 5.75 Å². The molecule has 0 bridgehead atoms. The van der Waals surface area contributed by atoms with Gasteiger partial charge in [-0.2, -0.15) is 0 Å². The largest absolute Gasteiger partial charge is 0.484 e. The van der Waals surface area contributed by atoms with Crippen molar-refractivity contribution in [2.45, 2.75) is 37.5 Å². The van der Waals surface area contributed by atoms with Gasteiger partial charge in [0.2, 0.25) is 5.91 Å². The summed E-state index contributed by atoms with van der Waals surface area (Å²) in [4.78, 5) is 14.0. The molecule has 1 amide bonds. The van der Waals surface area contributed by atoms with E-state index in [-0.39, 0.29) is 18.2 Å². The lowest BCUT2D eigenvalue weighted by Crippen LogP contribution is -2.49. The summed E-state index contributed by atoms with van der Waals surface area (Å²) in [7, 11) is 0. The van der Waals surface area contributed by atoms with Gasteiger partial charge in [-0.15, -0.1) is 0 Å². The van der Waals surface area contributed by atoms with Gasteiger partial charge in [0.15, 0.2) is 0 Å². The Kier molecular flexibility index (Phi) is 4.66. The number of carbonyl (C=O) groups is 1. The van der Waals surface area contributed by atoms with Crippen molar-refractivity contribution in [1.29, 1.82) is 0 Å². The molecule has 2 aliphatic rings. The zero-order chi connectivity index (χ0) is 18.1. The van der Waals surface area contributed by atoms with Gasteiger partial charge in [-0.1, -0.05) is 30.3 Å². The number of carbonyl (C=O) groups excluding carboxylic acids is 1. The summed E-state index contributed by atoms with van der Waals surface area (Å²) >= 11 is 0. The van der Waals surface area contributed by atoms with E-state index in [1.54, 1.807) is 12.1 Å². The van der Waals surface area contributed by atoms with Gasteiger partial charge in [-0.3, -0.25) is 9.69 Å². The number of primary amides is 1. The van der Waals surface area contributed by atoms with Crippen LogP contribution in [0.25, 0.3) is 0 Å². The average molecular weight is 351 g/mol. The predicted octanol–water partition coefficient (Wildman–Crippen LogP) is 2.25. The van der Waals surface area contributed by atoms with Gasteiger partial charge in [0.05, 0.1) is 6.04 Å². The van der Waals surface area contributed by atoms with Gasteiger partial charge in [0.25, 0.3) is 0 Å². The summed E-state index contributed by atoms with van der Waals surface area (Å²) in [5, 5.41) is 0. The van der Waals surface area contributed by atoms with E-state index in [2.05, 4.69) is 29.2 Å². The lowest BCUT2D eigenvalue weighted by Gasteiger charge is -2.38. The molecule has 1 aliphatic heterocycles. The van der Waals surface area contributed by atoms with Crippen molar-refractivity contribution >= 4 is 5.91 Å². The van der Waals surface area contributed by atoms with Crippen molar-refractivity contribution in [2.75, 3.05) is 13.1 Å². The van der Waals surface area contributed by atoms with Crippen LogP contribution in [0.15, 0.2) is 48.5 Å². The maximum absolute atomic E-state index is 11.5. The Hall–Kier alpha value is -2.37. The van der Waals surface area contributed by atoms with Crippen LogP contribution in [0.5, 0.6) is 5.75 Å². The van der Waals surface area contributed by atoms with E-state index in [0.29, 0.717) is 11.3 Å². The summed E-state index contributed by atoms with van der Waals surface area (Å²) < 4.78 is 6.40. The van der Waals surface area contributed by atoms with Crippen LogP contribution >= 0.6 is 0 Å². The highest BCUT2D eigenvalue weighted by Gasteiger charge is 2.39. The van der Waals surface area contributed by atoms with E-state index < -0.39 is 5.91 Å². The highest BCUT2D eigenvalue weighted by Crippen LogP contribution is 2.38. The molecule has 3 atom stereocenters. The fourth-order valence-electron chi connectivity index (χ4n) is 4.21. The maximum atomic E-state index is 11.5. The number of benzene rings is 2. The molecule has 1 heterocycles. The molecular formula is C21H25N3O2. The van der Waals surface area contributed by atoms with Crippen LogP contribution in [0.3, 0.4) is 0 Å². The van der Waals surface area contributed by atoms with Crippen molar-refractivity contribution < 1.29 is 9.53 Å². The minimum atomic E-state index is -0.444. The van der Waals surface area contributed by atoms with Crippen LogP contribution in [0.2, 0.25) is 0 Å². The number of likely N-dealkylation sites (tertiary alicyclic amines) is 1. The minimum absolute atomic E-state index is 0.0698. The number of ether oxygens (including phenoxy) is 1. The molecule has 5 heteroatoms. The van der Waals surface area contributed by atoms with E-state index in [0.717, 1.165) is 32.4 Å². The van der Waals surface area contributed by atoms with E-state index in [1.165, 1.54) is 11.1 Å². The van der Waals surface area contributed by atoms with Gasteiger partial charge in [0, 0.05) is 18.2 Å². The fraction of sp³-hybridized carbons (Fsp3) is 0.381. The number of hydrogen-bond donors (Lipinski definition) is 2. The minimum Gasteiger partial charge on any atom is -0.484 e. The Bertz CT molecular complexity index is 807. The Labute approximate surface area is 153 Å². The molecule has 0 spiro atoms. The molecule has 0 radical (unpaired) electrons. The quantitative estimate of drug-likeness (QED) is 0.885. The first-order valence-corrected chi connectivity index (χ1v) is 9.26. The summed E-state index contributed by atoms with van der Waals surface area (Å²) in [5.74, 6) is 0.232. The average Bonchev–Trinajstić information content (AvgIpc) is 3.01. The molecule has 1 fully saturated rings. The molecule has 1 saturated heterocycles. The standard InChI is InChI=1S/C21H25N3O2/c22-16-7-4-10-24(13-16)19-12-14-5-1-2-9-18(14)20(19)26-17-8-3-6-15(11-17)21(23)25/h1-3,5-6,8-9,11,16,19-20H,4,7,10,12-13,22H2,(H2,23,25)/t16-,19+,20+/m0/s1. The molecule has 0 unspecified atom stereocenters. The fourth-order valence-corrected chi connectivity index (χ4v) is 4.21. The van der Waals surface area contributed by atoms with Crippen LogP contribution < -0.4 is 16.2 Å². The van der Waals surface area contributed by atoms with Gasteiger partial charge in [-0.25, -0.2) is 0 Å². The number of piperidine rings is 1. The summed E-state index contributed by atoms with van der Waals surface area (Å²) in [6.45, 7) is 1.95. The lowest BCUT2D eigenvalue weighted by molar-refractivity contribution is 0.0592. The molecule has 2 aromatic carbocycles. The van der Waals surface area contributed by atoms with E-state index >= 15 is 0 Å². The van der Waals surface area contributed by atoms with Crippen LogP contribution in [0.1, 0.15) is 40.4 Å². The number of nitrogens with two attached hydrogens (primary N) is 2. The topological polar surface area (TPSA) is 81.6 Å². The Morgan fingerprint density at radius 2 is 2.00 bits per heavy atom. The third kappa shape index (κ3) is 3.32. The zero-order valence-electron chi connectivity index (χ0n) is 14.8. The van der Waals surface area contributed by atoms with Crippen LogP contribution in [0.4, 0.5) is 0 Å². The molecule has 2 aromatic rings. The predicted molar refractivity (Wildman–Crippen MR) is 101 cm³/mol. The van der Waals surface area contributed by atoms with Crippen LogP contribution in [0, 0.1) is 0 Å². The third-order valence-electron chi connectivity index (χ3n) is 5.48. The highest BCUT2D eigenvalue weighted by molar-refractivity contribution is 5.93. The first-order chi connectivity index (χ1) is 12.6. The second kappa shape index (κ2) is 7.09. The normalized spacial score (nSPS) is 25.7. The summed E-state index contributed by atoms with van der Waals surface area (Å²) in [6, 6.07) is 16.1. The third-order valence-corrected chi connectivity index (χ3v) is 5.48. The maximum Gasteiger partial charge on any atom is 0.248 e. The highest BCUT2D eigenvalue weighted by atomic mass is 16.5. The molecule has 26 heavy (non-hydrogen) atoms. The monoisotopic (exact) mass is 351 g/mol. The molecule has 5 nitrogen and oxygen atoms in total. The van der Waals surface area contributed by atoms with Crippen LogP contribution in [-0.4, -0.2) is 36.0 Å². The van der Waals surface area contributed by atoms with Crippen molar-refractivity contribution in [3.05, 3.63) is 65.2 Å². The Morgan fingerprint density at radius 1 is 1.15 bits per heavy atom. The second-order valence-electron chi connectivity index (χ2n) is 7.30. The first kappa shape index (κ1) is 17.1. The van der Waals surface area contributed by atoms with E-state index in [4.69, 9.17) is 16.2 Å². The summed E-state index contributed by atoms with van der Waals surface area (Å²) in [6.07, 6.45) is 3.10.